The van der Waals surface area contributed by atoms with Crippen molar-refractivity contribution in [3.05, 3.63) is 17.8 Å². The van der Waals surface area contributed by atoms with E-state index in [1.807, 2.05) is 19.2 Å². The van der Waals surface area contributed by atoms with E-state index in [-0.39, 0.29) is 0 Å². The Balaban J connectivity index is 2.21. The number of hydrogen-bond donors (Lipinski definition) is 1. The van der Waals surface area contributed by atoms with Crippen molar-refractivity contribution in [3.63, 3.8) is 0 Å². The Bertz CT molecular complexity index is 345. The second kappa shape index (κ2) is 4.09. The fraction of sp³-hybridized carbons (Fsp3) is 0.583. The molecule has 0 bridgehead atoms. The third-order valence-corrected chi connectivity index (χ3v) is 2.53. The molecule has 1 saturated carbocycles. The topological polar surface area (TPSA) is 34.2 Å². The van der Waals surface area contributed by atoms with Crippen LogP contribution in [0.25, 0.3) is 0 Å². The maximum atomic E-state index is 5.76. The molecule has 3 heteroatoms. The highest BCUT2D eigenvalue weighted by Crippen LogP contribution is 2.31. The Morgan fingerprint density at radius 3 is 2.67 bits per heavy atom. The van der Waals surface area contributed by atoms with E-state index in [2.05, 4.69) is 24.1 Å². The molecule has 2 rings (SSSR count). The number of aromatic nitrogens is 1. The van der Waals surface area contributed by atoms with E-state index in [1.54, 1.807) is 0 Å². The van der Waals surface area contributed by atoms with Gasteiger partial charge in [-0.2, -0.15) is 0 Å². The smallest absolute Gasteiger partial charge is 0.168 e. The summed E-state index contributed by atoms with van der Waals surface area (Å²) < 4.78 is 5.76. The van der Waals surface area contributed by atoms with Crippen LogP contribution in [0, 0.1) is 0 Å². The SMILES string of the molecule is CNc1nc(C(C)C)ccc1OC1CC1. The Hall–Kier alpha value is -1.25. The molecule has 0 unspecified atom stereocenters. The summed E-state index contributed by atoms with van der Waals surface area (Å²) in [5, 5.41) is 3.09. The summed E-state index contributed by atoms with van der Waals surface area (Å²) in [6, 6.07) is 4.07. The number of nitrogens with one attached hydrogen (secondary N) is 1. The second-order valence-electron chi connectivity index (χ2n) is 4.30. The van der Waals surface area contributed by atoms with E-state index in [9.17, 15) is 0 Å². The van der Waals surface area contributed by atoms with E-state index in [4.69, 9.17) is 4.74 Å². The lowest BCUT2D eigenvalue weighted by atomic mass is 10.1. The van der Waals surface area contributed by atoms with Crippen LogP contribution in [0.1, 0.15) is 38.3 Å². The van der Waals surface area contributed by atoms with Gasteiger partial charge in [0.15, 0.2) is 11.6 Å². The maximum absolute atomic E-state index is 5.76. The molecule has 0 saturated heterocycles. The normalized spacial score (nSPS) is 15.5. The van der Waals surface area contributed by atoms with Crippen molar-refractivity contribution in [2.24, 2.45) is 0 Å². The summed E-state index contributed by atoms with van der Waals surface area (Å²) in [6.45, 7) is 4.28. The van der Waals surface area contributed by atoms with Crippen molar-refractivity contribution in [2.45, 2.75) is 38.7 Å². The van der Waals surface area contributed by atoms with Crippen LogP contribution in [-0.4, -0.2) is 18.1 Å². The highest BCUT2D eigenvalue weighted by Gasteiger charge is 2.24. The predicted molar refractivity (Wildman–Crippen MR) is 61.5 cm³/mol. The van der Waals surface area contributed by atoms with Gasteiger partial charge in [-0.3, -0.25) is 0 Å². The molecular formula is C12H18N2O. The van der Waals surface area contributed by atoms with Crippen molar-refractivity contribution in [2.75, 3.05) is 12.4 Å². The van der Waals surface area contributed by atoms with Gasteiger partial charge in [0, 0.05) is 12.7 Å². The average molecular weight is 206 g/mol. The van der Waals surface area contributed by atoms with Gasteiger partial charge < -0.3 is 10.1 Å². The number of anilines is 1. The number of nitrogens with zero attached hydrogens (tertiary/aromatic N) is 1. The van der Waals surface area contributed by atoms with Gasteiger partial charge in [-0.15, -0.1) is 0 Å². The molecule has 1 aliphatic carbocycles. The van der Waals surface area contributed by atoms with Crippen molar-refractivity contribution >= 4 is 5.82 Å². The molecule has 1 aliphatic rings. The molecule has 0 atom stereocenters. The monoisotopic (exact) mass is 206 g/mol. The molecule has 1 heterocycles. The molecule has 0 aliphatic heterocycles. The zero-order valence-electron chi connectivity index (χ0n) is 9.58. The van der Waals surface area contributed by atoms with E-state index in [0.29, 0.717) is 12.0 Å². The molecule has 3 nitrogen and oxygen atoms in total. The van der Waals surface area contributed by atoms with Crippen LogP contribution in [0.3, 0.4) is 0 Å². The zero-order chi connectivity index (χ0) is 10.8. The van der Waals surface area contributed by atoms with Crippen molar-refractivity contribution in [1.29, 1.82) is 0 Å². The van der Waals surface area contributed by atoms with Crippen LogP contribution in [-0.2, 0) is 0 Å². The van der Waals surface area contributed by atoms with Gasteiger partial charge in [-0.1, -0.05) is 13.8 Å². The van der Waals surface area contributed by atoms with Crippen LogP contribution in [0.4, 0.5) is 5.82 Å². The highest BCUT2D eigenvalue weighted by atomic mass is 16.5. The second-order valence-corrected chi connectivity index (χ2v) is 4.30. The summed E-state index contributed by atoms with van der Waals surface area (Å²) in [5.41, 5.74) is 1.10. The minimum Gasteiger partial charge on any atom is -0.487 e. The number of hydrogen-bond acceptors (Lipinski definition) is 3. The highest BCUT2D eigenvalue weighted by molar-refractivity contribution is 5.50. The van der Waals surface area contributed by atoms with E-state index in [1.165, 1.54) is 12.8 Å². The fourth-order valence-corrected chi connectivity index (χ4v) is 1.42. The van der Waals surface area contributed by atoms with Crippen LogP contribution in [0.2, 0.25) is 0 Å². The predicted octanol–water partition coefficient (Wildman–Crippen LogP) is 2.79. The quantitative estimate of drug-likeness (QED) is 0.822. The lowest BCUT2D eigenvalue weighted by molar-refractivity contribution is 0.303. The first-order chi connectivity index (χ1) is 7.20. The molecule has 15 heavy (non-hydrogen) atoms. The Labute approximate surface area is 90.9 Å². The van der Waals surface area contributed by atoms with Gasteiger partial charge in [-0.05, 0) is 30.9 Å². The molecule has 1 N–H and O–H groups in total. The van der Waals surface area contributed by atoms with Gasteiger partial charge >= 0.3 is 0 Å². The van der Waals surface area contributed by atoms with E-state index >= 15 is 0 Å². The molecular weight excluding hydrogens is 188 g/mol. The van der Waals surface area contributed by atoms with E-state index in [0.717, 1.165) is 17.3 Å². The summed E-state index contributed by atoms with van der Waals surface area (Å²) in [6.07, 6.45) is 2.77. The number of ether oxygens (including phenoxy) is 1. The van der Waals surface area contributed by atoms with Gasteiger partial charge in [0.25, 0.3) is 0 Å². The standard InChI is InChI=1S/C12H18N2O/c1-8(2)10-6-7-11(12(13-3)14-10)15-9-4-5-9/h6-9H,4-5H2,1-3H3,(H,13,14). The molecule has 1 aromatic heterocycles. The lowest BCUT2D eigenvalue weighted by Crippen LogP contribution is -2.04. The van der Waals surface area contributed by atoms with E-state index < -0.39 is 0 Å². The average Bonchev–Trinajstić information content (AvgIpc) is 3.02. The first-order valence-corrected chi connectivity index (χ1v) is 5.56. The summed E-state index contributed by atoms with van der Waals surface area (Å²) in [5.74, 6) is 2.18. The summed E-state index contributed by atoms with van der Waals surface area (Å²) in [7, 11) is 1.88. The van der Waals surface area contributed by atoms with Crippen molar-refractivity contribution in [3.8, 4) is 5.75 Å². The largest absolute Gasteiger partial charge is 0.487 e. The van der Waals surface area contributed by atoms with Crippen LogP contribution in [0.5, 0.6) is 5.75 Å². The Kier molecular flexibility index (Phi) is 2.80. The molecule has 0 amide bonds. The third kappa shape index (κ3) is 2.41. The van der Waals surface area contributed by atoms with Gasteiger partial charge in [-0.25, -0.2) is 4.98 Å². The Morgan fingerprint density at radius 1 is 1.40 bits per heavy atom. The molecule has 82 valence electrons. The molecule has 0 radical (unpaired) electrons. The molecule has 1 fully saturated rings. The minimum atomic E-state index is 0.420. The number of rotatable bonds is 4. The van der Waals surface area contributed by atoms with Crippen LogP contribution >= 0.6 is 0 Å². The maximum Gasteiger partial charge on any atom is 0.168 e. The van der Waals surface area contributed by atoms with Crippen LogP contribution < -0.4 is 10.1 Å². The summed E-state index contributed by atoms with van der Waals surface area (Å²) >= 11 is 0. The first-order valence-electron chi connectivity index (χ1n) is 5.56. The minimum absolute atomic E-state index is 0.420. The molecule has 0 spiro atoms. The Morgan fingerprint density at radius 2 is 2.13 bits per heavy atom. The summed E-state index contributed by atoms with van der Waals surface area (Å²) in [4.78, 5) is 4.54. The zero-order valence-corrected chi connectivity index (χ0v) is 9.58. The van der Waals surface area contributed by atoms with Gasteiger partial charge in [0.2, 0.25) is 0 Å². The first kappa shape index (κ1) is 10.3. The van der Waals surface area contributed by atoms with Gasteiger partial charge in [0.05, 0.1) is 6.10 Å². The van der Waals surface area contributed by atoms with Crippen molar-refractivity contribution in [1.82, 2.24) is 4.98 Å². The van der Waals surface area contributed by atoms with Crippen molar-refractivity contribution < 1.29 is 4.74 Å². The lowest BCUT2D eigenvalue weighted by Gasteiger charge is -2.12. The molecule has 0 aromatic carbocycles. The molecule has 1 aromatic rings. The van der Waals surface area contributed by atoms with Gasteiger partial charge in [0.1, 0.15) is 0 Å². The fourth-order valence-electron chi connectivity index (χ4n) is 1.42. The van der Waals surface area contributed by atoms with Crippen LogP contribution in [0.15, 0.2) is 12.1 Å². The number of pyridine rings is 1. The third-order valence-electron chi connectivity index (χ3n) is 2.53.